The molecule has 0 amide bonds. The lowest BCUT2D eigenvalue weighted by Gasteiger charge is -2.03. The maximum atomic E-state index is 10.3. The van der Waals surface area contributed by atoms with Crippen molar-refractivity contribution in [3.05, 3.63) is 24.3 Å². The van der Waals surface area contributed by atoms with Gasteiger partial charge in [0.05, 0.1) is 0 Å². The normalized spacial score (nSPS) is 10.2. The highest BCUT2D eigenvalue weighted by Crippen LogP contribution is 2.19. The number of hydrogen-bond donors (Lipinski definition) is 1. The molecule has 2 aromatic rings. The summed E-state index contributed by atoms with van der Waals surface area (Å²) in [6, 6.07) is 6.88. The summed E-state index contributed by atoms with van der Waals surface area (Å²) in [6.45, 7) is -0.356. The molecule has 0 unspecified atom stereocenters. The van der Waals surface area contributed by atoms with Crippen LogP contribution in [0.25, 0.3) is 11.4 Å². The number of ether oxygens (including phenoxy) is 1. The minimum absolute atomic E-state index is 0.356. The summed E-state index contributed by atoms with van der Waals surface area (Å²) in [5.74, 6) is 0.118. The molecule has 2 rings (SSSR count). The summed E-state index contributed by atoms with van der Waals surface area (Å²) in [4.78, 5) is 10.3. The van der Waals surface area contributed by atoms with Crippen LogP contribution in [0.5, 0.6) is 5.75 Å². The maximum absolute atomic E-state index is 10.3. The van der Waals surface area contributed by atoms with Gasteiger partial charge in [-0.15, -0.1) is 5.10 Å². The Morgan fingerprint density at radius 3 is 2.65 bits per heavy atom. The van der Waals surface area contributed by atoms with E-state index in [1.807, 2.05) is 0 Å². The van der Waals surface area contributed by atoms with Crippen molar-refractivity contribution in [1.82, 2.24) is 20.2 Å². The molecule has 0 atom stereocenters. The average Bonchev–Trinajstić information content (AvgIpc) is 2.73. The summed E-state index contributed by atoms with van der Waals surface area (Å²) >= 11 is 0. The molecule has 0 fully saturated rings. The fourth-order valence-electron chi connectivity index (χ4n) is 1.32. The fraction of sp³-hybridized carbons (Fsp3) is 0.200. The first-order chi connectivity index (χ1) is 8.16. The van der Waals surface area contributed by atoms with Gasteiger partial charge in [0.15, 0.2) is 12.4 Å². The molecule has 1 heterocycles. The van der Waals surface area contributed by atoms with Gasteiger partial charge in [0.2, 0.25) is 0 Å². The minimum Gasteiger partial charge on any atom is -0.482 e. The van der Waals surface area contributed by atoms with E-state index >= 15 is 0 Å². The Hall–Kier alpha value is -2.44. The number of aryl methyl sites for hydroxylation is 1. The predicted octanol–water partition coefficient (Wildman–Crippen LogP) is 0.340. The van der Waals surface area contributed by atoms with Crippen LogP contribution in [0, 0.1) is 0 Å². The van der Waals surface area contributed by atoms with Gasteiger partial charge in [-0.3, -0.25) is 0 Å². The number of tetrazole rings is 1. The molecular weight excluding hydrogens is 224 g/mol. The van der Waals surface area contributed by atoms with E-state index in [0.717, 1.165) is 5.56 Å². The van der Waals surface area contributed by atoms with E-state index in [0.29, 0.717) is 11.6 Å². The molecule has 7 nitrogen and oxygen atoms in total. The lowest BCUT2D eigenvalue weighted by Crippen LogP contribution is -2.09. The van der Waals surface area contributed by atoms with E-state index in [4.69, 9.17) is 9.84 Å². The first-order valence-electron chi connectivity index (χ1n) is 4.84. The molecule has 1 N–H and O–H groups in total. The van der Waals surface area contributed by atoms with Gasteiger partial charge in [0.25, 0.3) is 0 Å². The second-order valence-corrected chi connectivity index (χ2v) is 3.33. The number of aliphatic carboxylic acids is 1. The topological polar surface area (TPSA) is 90.1 Å². The maximum Gasteiger partial charge on any atom is 0.341 e. The van der Waals surface area contributed by atoms with Crippen molar-refractivity contribution in [2.45, 2.75) is 0 Å². The standard InChI is InChI=1S/C10H10N4O3/c1-14-10(11-12-13-14)7-2-4-8(5-3-7)17-6-9(15)16/h2-5H,6H2,1H3,(H,15,16). The summed E-state index contributed by atoms with van der Waals surface area (Å²) in [7, 11) is 1.74. The number of rotatable bonds is 4. The van der Waals surface area contributed by atoms with Crippen LogP contribution in [0.2, 0.25) is 0 Å². The SMILES string of the molecule is Cn1nnnc1-c1ccc(OCC(=O)O)cc1. The van der Waals surface area contributed by atoms with Crippen molar-refractivity contribution in [2.24, 2.45) is 7.05 Å². The van der Waals surface area contributed by atoms with Gasteiger partial charge < -0.3 is 9.84 Å². The van der Waals surface area contributed by atoms with E-state index in [9.17, 15) is 4.79 Å². The van der Waals surface area contributed by atoms with Crippen LogP contribution in [-0.4, -0.2) is 37.9 Å². The Bertz CT molecular complexity index is 521. The summed E-state index contributed by atoms with van der Waals surface area (Å²) in [5.41, 5.74) is 0.833. The highest BCUT2D eigenvalue weighted by molar-refractivity contribution is 5.68. The second kappa shape index (κ2) is 4.60. The lowest BCUT2D eigenvalue weighted by molar-refractivity contribution is -0.139. The van der Waals surface area contributed by atoms with E-state index < -0.39 is 5.97 Å². The molecule has 0 aliphatic rings. The summed E-state index contributed by atoms with van der Waals surface area (Å²) in [6.07, 6.45) is 0. The molecule has 7 heteroatoms. The van der Waals surface area contributed by atoms with Gasteiger partial charge in [0.1, 0.15) is 5.75 Å². The first-order valence-corrected chi connectivity index (χ1v) is 4.84. The Kier molecular flexibility index (Phi) is 2.99. The van der Waals surface area contributed by atoms with E-state index in [2.05, 4.69) is 15.5 Å². The van der Waals surface area contributed by atoms with Crippen molar-refractivity contribution in [3.8, 4) is 17.1 Å². The second-order valence-electron chi connectivity index (χ2n) is 3.33. The summed E-state index contributed by atoms with van der Waals surface area (Å²) < 4.78 is 6.56. The van der Waals surface area contributed by atoms with Crippen molar-refractivity contribution < 1.29 is 14.6 Å². The zero-order valence-corrected chi connectivity index (χ0v) is 9.07. The van der Waals surface area contributed by atoms with Gasteiger partial charge in [-0.25, -0.2) is 9.48 Å². The molecule has 0 spiro atoms. The monoisotopic (exact) mass is 234 g/mol. The van der Waals surface area contributed by atoms with E-state index in [1.54, 1.807) is 36.0 Å². The zero-order chi connectivity index (χ0) is 12.3. The molecule has 0 aliphatic heterocycles. The van der Waals surface area contributed by atoms with Crippen LogP contribution in [0.15, 0.2) is 24.3 Å². The van der Waals surface area contributed by atoms with Gasteiger partial charge in [0, 0.05) is 12.6 Å². The molecule has 0 radical (unpaired) electrons. The van der Waals surface area contributed by atoms with Crippen LogP contribution in [-0.2, 0) is 11.8 Å². The predicted molar refractivity (Wildman–Crippen MR) is 57.4 cm³/mol. The number of aromatic nitrogens is 4. The van der Waals surface area contributed by atoms with Crippen LogP contribution >= 0.6 is 0 Å². The number of hydrogen-bond acceptors (Lipinski definition) is 5. The van der Waals surface area contributed by atoms with Crippen LogP contribution in [0.3, 0.4) is 0 Å². The van der Waals surface area contributed by atoms with Crippen LogP contribution < -0.4 is 4.74 Å². The van der Waals surface area contributed by atoms with E-state index in [-0.39, 0.29) is 6.61 Å². The zero-order valence-electron chi connectivity index (χ0n) is 9.07. The Labute approximate surface area is 96.6 Å². The van der Waals surface area contributed by atoms with Crippen molar-refractivity contribution in [2.75, 3.05) is 6.61 Å². The average molecular weight is 234 g/mol. The molecule has 0 saturated carbocycles. The molecular formula is C10H10N4O3. The highest BCUT2D eigenvalue weighted by Gasteiger charge is 2.06. The lowest BCUT2D eigenvalue weighted by atomic mass is 10.2. The number of nitrogens with zero attached hydrogens (tertiary/aromatic N) is 4. The van der Waals surface area contributed by atoms with Crippen molar-refractivity contribution >= 4 is 5.97 Å². The Balaban J connectivity index is 2.13. The van der Waals surface area contributed by atoms with Gasteiger partial charge in [-0.05, 0) is 34.7 Å². The number of carboxylic acids is 1. The summed E-state index contributed by atoms with van der Waals surface area (Å²) in [5, 5.41) is 19.6. The molecule has 1 aromatic heterocycles. The molecule has 1 aromatic carbocycles. The van der Waals surface area contributed by atoms with Crippen LogP contribution in [0.1, 0.15) is 0 Å². The van der Waals surface area contributed by atoms with Gasteiger partial charge in [-0.2, -0.15) is 0 Å². The number of carbonyl (C=O) groups is 1. The minimum atomic E-state index is -1.01. The largest absolute Gasteiger partial charge is 0.482 e. The van der Waals surface area contributed by atoms with Crippen molar-refractivity contribution in [3.63, 3.8) is 0 Å². The van der Waals surface area contributed by atoms with Crippen molar-refractivity contribution in [1.29, 1.82) is 0 Å². The van der Waals surface area contributed by atoms with Gasteiger partial charge >= 0.3 is 5.97 Å². The molecule has 0 bridgehead atoms. The Morgan fingerprint density at radius 2 is 2.12 bits per heavy atom. The molecule has 0 aliphatic carbocycles. The number of carboxylic acid groups (broad SMARTS) is 1. The molecule has 17 heavy (non-hydrogen) atoms. The quantitative estimate of drug-likeness (QED) is 0.820. The third-order valence-electron chi connectivity index (χ3n) is 2.09. The van der Waals surface area contributed by atoms with Crippen LogP contribution in [0.4, 0.5) is 0 Å². The van der Waals surface area contributed by atoms with Gasteiger partial charge in [-0.1, -0.05) is 0 Å². The molecule has 88 valence electrons. The first kappa shape index (κ1) is 11.1. The Morgan fingerprint density at radius 1 is 1.41 bits per heavy atom. The molecule has 0 saturated heterocycles. The highest BCUT2D eigenvalue weighted by atomic mass is 16.5. The smallest absolute Gasteiger partial charge is 0.341 e. The third kappa shape index (κ3) is 2.57. The van der Waals surface area contributed by atoms with E-state index in [1.165, 1.54) is 0 Å². The third-order valence-corrected chi connectivity index (χ3v) is 2.09. The number of benzene rings is 1. The fourth-order valence-corrected chi connectivity index (χ4v) is 1.32.